The molecular weight excluding hydrogens is 132 g/mol. The Morgan fingerprint density at radius 3 is 2.10 bits per heavy atom. The summed E-state index contributed by atoms with van der Waals surface area (Å²) in [5.41, 5.74) is -0.808. The Morgan fingerprint density at radius 1 is 1.10 bits per heavy atom. The second-order valence-corrected chi connectivity index (χ2v) is 2.80. The summed E-state index contributed by atoms with van der Waals surface area (Å²) in [4.78, 5) is 0. The summed E-state index contributed by atoms with van der Waals surface area (Å²) in [6.45, 7) is 1.76. The Bertz CT molecular complexity index is 80.9. The van der Waals surface area contributed by atoms with Gasteiger partial charge >= 0.3 is 0 Å². The fourth-order valence-corrected chi connectivity index (χ4v) is 0.826. The van der Waals surface area contributed by atoms with Crippen LogP contribution < -0.4 is 0 Å². The average molecular weight is 148 g/mol. The van der Waals surface area contributed by atoms with Crippen LogP contribution >= 0.6 is 0 Å². The molecule has 0 aromatic rings. The lowest BCUT2D eigenvalue weighted by molar-refractivity contribution is 0.0198. The molecule has 0 amide bonds. The van der Waals surface area contributed by atoms with E-state index in [4.69, 9.17) is 10.2 Å². The molecule has 10 heavy (non-hydrogen) atoms. The van der Waals surface area contributed by atoms with E-state index in [0.29, 0.717) is 19.3 Å². The quantitative estimate of drug-likeness (QED) is 0.510. The lowest BCUT2D eigenvalue weighted by Gasteiger charge is -2.21. The van der Waals surface area contributed by atoms with Crippen LogP contribution in [0.4, 0.5) is 0 Å². The van der Waals surface area contributed by atoms with Crippen LogP contribution in [0.15, 0.2) is 0 Å². The summed E-state index contributed by atoms with van der Waals surface area (Å²) in [5.74, 6) is 0. The average Bonchev–Trinajstić information content (AvgIpc) is 1.84. The second-order valence-electron chi connectivity index (χ2n) is 2.80. The van der Waals surface area contributed by atoms with Gasteiger partial charge in [-0.05, 0) is 26.2 Å². The van der Waals surface area contributed by atoms with Crippen LogP contribution in [0.1, 0.15) is 26.2 Å². The van der Waals surface area contributed by atoms with Gasteiger partial charge in [0.25, 0.3) is 0 Å². The van der Waals surface area contributed by atoms with Crippen molar-refractivity contribution in [3.8, 4) is 0 Å². The van der Waals surface area contributed by atoms with E-state index in [9.17, 15) is 5.11 Å². The van der Waals surface area contributed by atoms with E-state index in [-0.39, 0.29) is 13.2 Å². The van der Waals surface area contributed by atoms with Gasteiger partial charge in [-0.25, -0.2) is 0 Å². The molecule has 0 radical (unpaired) electrons. The van der Waals surface area contributed by atoms with Gasteiger partial charge in [0.05, 0.1) is 5.60 Å². The summed E-state index contributed by atoms with van der Waals surface area (Å²) in [6, 6.07) is 0. The summed E-state index contributed by atoms with van der Waals surface area (Å²) < 4.78 is 0. The maximum atomic E-state index is 9.37. The van der Waals surface area contributed by atoms with Gasteiger partial charge in [0.1, 0.15) is 0 Å². The highest BCUT2D eigenvalue weighted by atomic mass is 16.3. The Morgan fingerprint density at radius 2 is 1.70 bits per heavy atom. The number of hydrogen-bond acceptors (Lipinski definition) is 3. The van der Waals surface area contributed by atoms with Crippen molar-refractivity contribution in [2.24, 2.45) is 0 Å². The van der Waals surface area contributed by atoms with E-state index in [0.717, 1.165) is 0 Å². The molecule has 3 N–H and O–H groups in total. The van der Waals surface area contributed by atoms with Crippen LogP contribution in [0, 0.1) is 0 Å². The molecule has 0 spiro atoms. The van der Waals surface area contributed by atoms with Crippen LogP contribution in [0.25, 0.3) is 0 Å². The highest BCUT2D eigenvalue weighted by Gasteiger charge is 2.17. The summed E-state index contributed by atoms with van der Waals surface area (Å²) >= 11 is 0. The minimum Gasteiger partial charge on any atom is -0.396 e. The largest absolute Gasteiger partial charge is 0.396 e. The molecule has 0 aliphatic heterocycles. The lowest BCUT2D eigenvalue weighted by Crippen LogP contribution is -2.25. The number of hydrogen-bond donors (Lipinski definition) is 3. The Hall–Kier alpha value is -0.120. The van der Waals surface area contributed by atoms with Crippen molar-refractivity contribution in [3.63, 3.8) is 0 Å². The summed E-state index contributed by atoms with van der Waals surface area (Å²) in [5, 5.41) is 26.3. The first-order valence-corrected chi connectivity index (χ1v) is 3.56. The second kappa shape index (κ2) is 4.66. The molecule has 3 heteroatoms. The van der Waals surface area contributed by atoms with Gasteiger partial charge in [0.2, 0.25) is 0 Å². The minimum atomic E-state index is -0.808. The minimum absolute atomic E-state index is 0.00156. The molecule has 0 saturated heterocycles. The smallest absolute Gasteiger partial charge is 0.0642 e. The maximum absolute atomic E-state index is 9.37. The van der Waals surface area contributed by atoms with Crippen LogP contribution in [0.2, 0.25) is 0 Å². The first kappa shape index (κ1) is 9.88. The number of rotatable bonds is 5. The van der Waals surface area contributed by atoms with Crippen molar-refractivity contribution in [3.05, 3.63) is 0 Å². The maximum Gasteiger partial charge on any atom is 0.0642 e. The third-order valence-electron chi connectivity index (χ3n) is 1.52. The van der Waals surface area contributed by atoms with Crippen LogP contribution in [-0.2, 0) is 0 Å². The number of aliphatic hydroxyl groups excluding tert-OH is 2. The van der Waals surface area contributed by atoms with Gasteiger partial charge in [-0.1, -0.05) is 0 Å². The highest BCUT2D eigenvalue weighted by Crippen LogP contribution is 2.15. The molecule has 0 heterocycles. The van der Waals surface area contributed by atoms with Crippen LogP contribution in [0.3, 0.4) is 0 Å². The molecule has 0 rings (SSSR count). The Labute approximate surface area is 61.3 Å². The lowest BCUT2D eigenvalue weighted by atomic mass is 9.97. The topological polar surface area (TPSA) is 60.7 Å². The van der Waals surface area contributed by atoms with E-state index < -0.39 is 5.60 Å². The Balaban J connectivity index is 3.42. The molecule has 0 bridgehead atoms. The standard InChI is InChI=1S/C7H16O3/c1-7(10,4-6-9)3-2-5-8/h8-10H,2-6H2,1H3/t7-/m1/s1. The predicted octanol–water partition coefficient (Wildman–Crippen LogP) is -0.108. The zero-order valence-corrected chi connectivity index (χ0v) is 6.38. The molecule has 3 nitrogen and oxygen atoms in total. The normalized spacial score (nSPS) is 16.8. The van der Waals surface area contributed by atoms with Gasteiger partial charge < -0.3 is 15.3 Å². The molecule has 0 saturated carbocycles. The fraction of sp³-hybridized carbons (Fsp3) is 1.00. The SMILES string of the molecule is C[C@](O)(CCO)CCCO. The zero-order chi connectivity index (χ0) is 8.04. The first-order valence-electron chi connectivity index (χ1n) is 3.56. The van der Waals surface area contributed by atoms with E-state index in [2.05, 4.69) is 0 Å². The van der Waals surface area contributed by atoms with Gasteiger partial charge in [-0.3, -0.25) is 0 Å². The third kappa shape index (κ3) is 4.73. The van der Waals surface area contributed by atoms with Crippen LogP contribution in [-0.4, -0.2) is 34.1 Å². The van der Waals surface area contributed by atoms with Gasteiger partial charge in [-0.15, -0.1) is 0 Å². The first-order chi connectivity index (χ1) is 4.62. The van der Waals surface area contributed by atoms with E-state index in [1.165, 1.54) is 0 Å². The van der Waals surface area contributed by atoms with Crippen molar-refractivity contribution < 1.29 is 15.3 Å². The van der Waals surface area contributed by atoms with Gasteiger partial charge in [0, 0.05) is 13.2 Å². The van der Waals surface area contributed by atoms with Gasteiger partial charge in [0.15, 0.2) is 0 Å². The van der Waals surface area contributed by atoms with Gasteiger partial charge in [-0.2, -0.15) is 0 Å². The number of aliphatic hydroxyl groups is 3. The molecule has 0 aromatic carbocycles. The van der Waals surface area contributed by atoms with Crippen molar-refractivity contribution in [1.82, 2.24) is 0 Å². The molecular formula is C7H16O3. The summed E-state index contributed by atoms with van der Waals surface area (Å²) in [6.07, 6.45) is 1.52. The molecule has 0 aliphatic carbocycles. The predicted molar refractivity (Wildman–Crippen MR) is 38.6 cm³/mol. The third-order valence-corrected chi connectivity index (χ3v) is 1.52. The molecule has 0 aliphatic rings. The van der Waals surface area contributed by atoms with Crippen molar-refractivity contribution >= 4 is 0 Å². The van der Waals surface area contributed by atoms with E-state index in [1.54, 1.807) is 6.92 Å². The molecule has 62 valence electrons. The van der Waals surface area contributed by atoms with Crippen molar-refractivity contribution in [1.29, 1.82) is 0 Å². The monoisotopic (exact) mass is 148 g/mol. The van der Waals surface area contributed by atoms with E-state index >= 15 is 0 Å². The molecule has 0 fully saturated rings. The van der Waals surface area contributed by atoms with E-state index in [1.807, 2.05) is 0 Å². The van der Waals surface area contributed by atoms with Crippen LogP contribution in [0.5, 0.6) is 0 Å². The Kier molecular flexibility index (Phi) is 4.60. The summed E-state index contributed by atoms with van der Waals surface area (Å²) in [7, 11) is 0. The van der Waals surface area contributed by atoms with Crippen molar-refractivity contribution in [2.75, 3.05) is 13.2 Å². The molecule has 0 unspecified atom stereocenters. The zero-order valence-electron chi connectivity index (χ0n) is 6.38. The molecule has 1 atom stereocenters. The highest BCUT2D eigenvalue weighted by molar-refractivity contribution is 4.70. The molecule has 0 aromatic heterocycles. The van der Waals surface area contributed by atoms with Crippen molar-refractivity contribution in [2.45, 2.75) is 31.8 Å². The fourth-order valence-electron chi connectivity index (χ4n) is 0.826.